The first kappa shape index (κ1) is 9.04. The minimum atomic E-state index is 0.419. The highest BCUT2D eigenvalue weighted by Gasteiger charge is 2.50. The first-order valence-electron chi connectivity index (χ1n) is 5.53. The van der Waals surface area contributed by atoms with Crippen molar-refractivity contribution in [2.45, 2.75) is 45.6 Å². The molecule has 2 atom stereocenters. The lowest BCUT2D eigenvalue weighted by Gasteiger charge is -2.04. The van der Waals surface area contributed by atoms with E-state index in [-0.39, 0.29) is 0 Å². The molecule has 2 rings (SSSR count). The van der Waals surface area contributed by atoms with Crippen molar-refractivity contribution in [2.24, 2.45) is 28.5 Å². The maximum Gasteiger partial charge on any atom is 0.0966 e. The summed E-state index contributed by atoms with van der Waals surface area (Å²) in [6.07, 6.45) is 5.61. The van der Waals surface area contributed by atoms with Crippen LogP contribution in [0.2, 0.25) is 0 Å². The number of nitrogens with zero attached hydrogens (tertiary/aromatic N) is 1. The largest absolute Gasteiger partial charge is 0.387 e. The van der Waals surface area contributed by atoms with Gasteiger partial charge in [-0.2, -0.15) is 0 Å². The normalized spacial score (nSPS) is 39.0. The SMILES string of the molecule is CC(C)C(N)=NC1C2CCCCC21. The van der Waals surface area contributed by atoms with Gasteiger partial charge in [0.2, 0.25) is 0 Å². The standard InChI is InChI=1S/C11H20N2/c1-7(2)11(12)13-10-8-5-3-4-6-9(8)10/h7-10H,3-6H2,1-2H3,(H2,12,13). The van der Waals surface area contributed by atoms with E-state index in [0.29, 0.717) is 12.0 Å². The molecule has 0 aromatic rings. The molecule has 2 N–H and O–H groups in total. The molecule has 2 aliphatic rings. The maximum absolute atomic E-state index is 5.86. The van der Waals surface area contributed by atoms with Gasteiger partial charge in [0.05, 0.1) is 11.9 Å². The van der Waals surface area contributed by atoms with E-state index in [1.165, 1.54) is 25.7 Å². The maximum atomic E-state index is 5.86. The second-order valence-corrected chi connectivity index (χ2v) is 4.81. The fraction of sp³-hybridized carbons (Fsp3) is 0.909. The summed E-state index contributed by atoms with van der Waals surface area (Å²) in [6, 6.07) is 0.602. The molecule has 0 radical (unpaired) electrons. The van der Waals surface area contributed by atoms with Crippen LogP contribution < -0.4 is 5.73 Å². The lowest BCUT2D eigenvalue weighted by atomic mass is 10.0. The molecule has 0 aromatic heterocycles. The van der Waals surface area contributed by atoms with Crippen LogP contribution in [0.1, 0.15) is 39.5 Å². The Hall–Kier alpha value is -0.530. The second kappa shape index (κ2) is 3.32. The Morgan fingerprint density at radius 1 is 1.23 bits per heavy atom. The van der Waals surface area contributed by atoms with E-state index in [0.717, 1.165) is 17.7 Å². The molecular formula is C11H20N2. The van der Waals surface area contributed by atoms with Gasteiger partial charge in [-0.1, -0.05) is 26.7 Å². The zero-order valence-corrected chi connectivity index (χ0v) is 8.66. The van der Waals surface area contributed by atoms with Gasteiger partial charge in [0.1, 0.15) is 0 Å². The number of aliphatic imine (C=N–C) groups is 1. The van der Waals surface area contributed by atoms with E-state index < -0.39 is 0 Å². The second-order valence-electron chi connectivity index (χ2n) is 4.81. The van der Waals surface area contributed by atoms with Crippen molar-refractivity contribution in [1.29, 1.82) is 0 Å². The number of fused-ring (bicyclic) bond motifs is 1. The smallest absolute Gasteiger partial charge is 0.0966 e. The minimum absolute atomic E-state index is 0.419. The quantitative estimate of drug-likeness (QED) is 0.513. The monoisotopic (exact) mass is 180 g/mol. The van der Waals surface area contributed by atoms with Crippen LogP contribution in [0.25, 0.3) is 0 Å². The average molecular weight is 180 g/mol. The van der Waals surface area contributed by atoms with E-state index in [1.807, 2.05) is 0 Å². The van der Waals surface area contributed by atoms with Crippen LogP contribution in [-0.4, -0.2) is 11.9 Å². The van der Waals surface area contributed by atoms with Gasteiger partial charge < -0.3 is 5.73 Å². The van der Waals surface area contributed by atoms with E-state index in [4.69, 9.17) is 5.73 Å². The molecule has 2 unspecified atom stereocenters. The number of nitrogens with two attached hydrogens (primary N) is 1. The van der Waals surface area contributed by atoms with Crippen molar-refractivity contribution >= 4 is 5.84 Å². The zero-order chi connectivity index (χ0) is 9.42. The molecule has 13 heavy (non-hydrogen) atoms. The van der Waals surface area contributed by atoms with Crippen molar-refractivity contribution in [1.82, 2.24) is 0 Å². The first-order valence-corrected chi connectivity index (χ1v) is 5.53. The Bertz CT molecular complexity index is 208. The van der Waals surface area contributed by atoms with Crippen LogP contribution in [-0.2, 0) is 0 Å². The van der Waals surface area contributed by atoms with Crippen molar-refractivity contribution in [3.8, 4) is 0 Å². The molecule has 2 aliphatic carbocycles. The molecule has 0 heterocycles. The minimum Gasteiger partial charge on any atom is -0.387 e. The van der Waals surface area contributed by atoms with Gasteiger partial charge in [-0.15, -0.1) is 0 Å². The lowest BCUT2D eigenvalue weighted by molar-refractivity contribution is 0.480. The summed E-state index contributed by atoms with van der Waals surface area (Å²) in [5.74, 6) is 3.07. The lowest BCUT2D eigenvalue weighted by Crippen LogP contribution is -2.19. The van der Waals surface area contributed by atoms with Crippen molar-refractivity contribution < 1.29 is 0 Å². The summed E-state index contributed by atoms with van der Waals surface area (Å²) in [7, 11) is 0. The summed E-state index contributed by atoms with van der Waals surface area (Å²) in [6.45, 7) is 4.23. The fourth-order valence-electron chi connectivity index (χ4n) is 2.47. The van der Waals surface area contributed by atoms with Gasteiger partial charge in [-0.25, -0.2) is 0 Å². The molecule has 2 saturated carbocycles. The van der Waals surface area contributed by atoms with E-state index >= 15 is 0 Å². The van der Waals surface area contributed by atoms with Crippen LogP contribution in [0.3, 0.4) is 0 Å². The topological polar surface area (TPSA) is 38.4 Å². The van der Waals surface area contributed by atoms with Crippen LogP contribution in [0, 0.1) is 17.8 Å². The predicted molar refractivity (Wildman–Crippen MR) is 55.7 cm³/mol. The summed E-state index contributed by atoms with van der Waals surface area (Å²) < 4.78 is 0. The van der Waals surface area contributed by atoms with Gasteiger partial charge in [0.15, 0.2) is 0 Å². The molecule has 2 fully saturated rings. The fourth-order valence-corrected chi connectivity index (χ4v) is 2.47. The molecule has 74 valence electrons. The highest BCUT2D eigenvalue weighted by atomic mass is 15.0. The molecule has 0 aromatic carbocycles. The Morgan fingerprint density at radius 3 is 2.23 bits per heavy atom. The zero-order valence-electron chi connectivity index (χ0n) is 8.66. The number of amidine groups is 1. The molecule has 0 aliphatic heterocycles. The summed E-state index contributed by atoms with van der Waals surface area (Å²) in [4.78, 5) is 4.63. The summed E-state index contributed by atoms with van der Waals surface area (Å²) in [5.41, 5.74) is 5.86. The third-order valence-electron chi connectivity index (χ3n) is 3.50. The number of hydrogen-bond donors (Lipinski definition) is 1. The highest BCUT2D eigenvalue weighted by molar-refractivity contribution is 5.82. The molecule has 2 nitrogen and oxygen atoms in total. The van der Waals surface area contributed by atoms with Crippen LogP contribution in [0.4, 0.5) is 0 Å². The third-order valence-corrected chi connectivity index (χ3v) is 3.50. The van der Waals surface area contributed by atoms with Gasteiger partial charge in [0.25, 0.3) is 0 Å². The molecule has 0 spiro atoms. The van der Waals surface area contributed by atoms with E-state index in [2.05, 4.69) is 18.8 Å². The van der Waals surface area contributed by atoms with Crippen LogP contribution >= 0.6 is 0 Å². The Labute approximate surface area is 80.6 Å². The van der Waals surface area contributed by atoms with Gasteiger partial charge in [0, 0.05) is 5.92 Å². The van der Waals surface area contributed by atoms with Gasteiger partial charge in [-0.3, -0.25) is 4.99 Å². The summed E-state index contributed by atoms with van der Waals surface area (Å²) >= 11 is 0. The first-order chi connectivity index (χ1) is 6.20. The molecule has 0 amide bonds. The number of hydrogen-bond acceptors (Lipinski definition) is 1. The van der Waals surface area contributed by atoms with E-state index in [9.17, 15) is 0 Å². The van der Waals surface area contributed by atoms with Crippen molar-refractivity contribution in [3.05, 3.63) is 0 Å². The summed E-state index contributed by atoms with van der Waals surface area (Å²) in [5, 5.41) is 0. The van der Waals surface area contributed by atoms with Gasteiger partial charge >= 0.3 is 0 Å². The van der Waals surface area contributed by atoms with Crippen molar-refractivity contribution in [3.63, 3.8) is 0 Å². The van der Waals surface area contributed by atoms with Crippen LogP contribution in [0.5, 0.6) is 0 Å². The Kier molecular flexibility index (Phi) is 2.31. The average Bonchev–Trinajstić information content (AvgIpc) is 2.79. The Morgan fingerprint density at radius 2 is 1.77 bits per heavy atom. The Balaban J connectivity index is 1.94. The van der Waals surface area contributed by atoms with Crippen LogP contribution in [0.15, 0.2) is 4.99 Å². The van der Waals surface area contributed by atoms with Gasteiger partial charge in [-0.05, 0) is 24.7 Å². The highest BCUT2D eigenvalue weighted by Crippen LogP contribution is 2.51. The number of rotatable bonds is 2. The third kappa shape index (κ3) is 1.72. The molecular weight excluding hydrogens is 160 g/mol. The predicted octanol–water partition coefficient (Wildman–Crippen LogP) is 2.19. The molecule has 0 saturated heterocycles. The molecule has 2 heteroatoms. The van der Waals surface area contributed by atoms with Crippen molar-refractivity contribution in [2.75, 3.05) is 0 Å². The van der Waals surface area contributed by atoms with E-state index in [1.54, 1.807) is 0 Å². The molecule has 0 bridgehead atoms.